The first-order valence-corrected chi connectivity index (χ1v) is 7.49. The highest BCUT2D eigenvalue weighted by molar-refractivity contribution is 7.73. The van der Waals surface area contributed by atoms with Crippen molar-refractivity contribution >= 4 is 12.4 Å². The molecule has 0 bridgehead atoms. The molecule has 2 atom stereocenters. The van der Waals surface area contributed by atoms with Gasteiger partial charge in [0, 0.05) is 16.6 Å². The van der Waals surface area contributed by atoms with E-state index in [1.807, 2.05) is 51.1 Å². The lowest BCUT2D eigenvalue weighted by molar-refractivity contribution is 0.217. The first kappa shape index (κ1) is 13.5. The number of aliphatic hydroxyl groups is 1. The molecule has 90 valence electrons. The van der Waals surface area contributed by atoms with Gasteiger partial charge in [0.25, 0.3) is 0 Å². The van der Waals surface area contributed by atoms with Crippen LogP contribution in [0.2, 0.25) is 0 Å². The molecule has 0 saturated heterocycles. The maximum Gasteiger partial charge on any atom is 0.123 e. The fourth-order valence-corrected chi connectivity index (χ4v) is 4.74. The second-order valence-corrected chi connectivity index (χ2v) is 8.98. The molecule has 0 unspecified atom stereocenters. The summed E-state index contributed by atoms with van der Waals surface area (Å²) in [6, 6.07) is 9.51. The molecule has 1 N–H and O–H groups in total. The van der Waals surface area contributed by atoms with Gasteiger partial charge in [0.05, 0.1) is 6.10 Å². The Morgan fingerprint density at radius 2 is 1.75 bits per heavy atom. The topological polar surface area (TPSA) is 37.3 Å². The van der Waals surface area contributed by atoms with Crippen LogP contribution in [0.4, 0.5) is 0 Å². The molecular weight excluding hydrogens is 219 g/mol. The van der Waals surface area contributed by atoms with Crippen molar-refractivity contribution in [3.8, 4) is 0 Å². The van der Waals surface area contributed by atoms with Gasteiger partial charge in [0.2, 0.25) is 0 Å². The quantitative estimate of drug-likeness (QED) is 0.825. The highest BCUT2D eigenvalue weighted by Gasteiger charge is 2.38. The molecule has 0 fully saturated rings. The summed E-state index contributed by atoms with van der Waals surface area (Å²) >= 11 is 0. The monoisotopic (exact) mass is 240 g/mol. The molecule has 1 aromatic rings. The minimum Gasteiger partial charge on any atom is -0.393 e. The smallest absolute Gasteiger partial charge is 0.123 e. The van der Waals surface area contributed by atoms with E-state index >= 15 is 0 Å². The van der Waals surface area contributed by atoms with E-state index in [0.717, 1.165) is 5.30 Å². The van der Waals surface area contributed by atoms with E-state index in [1.54, 1.807) is 6.92 Å². The number of hydrogen-bond donors (Lipinski definition) is 1. The molecule has 0 aromatic heterocycles. The third-order valence-electron chi connectivity index (χ3n) is 2.78. The van der Waals surface area contributed by atoms with Gasteiger partial charge in [-0.05, 0) is 6.92 Å². The van der Waals surface area contributed by atoms with Crippen LogP contribution in [-0.2, 0) is 4.57 Å². The molecular formula is C13H21O2P. The molecule has 0 amide bonds. The molecule has 0 aliphatic heterocycles. The number of hydrogen-bond acceptors (Lipinski definition) is 2. The summed E-state index contributed by atoms with van der Waals surface area (Å²) < 4.78 is 13.1. The number of benzene rings is 1. The fraction of sp³-hybridized carbons (Fsp3) is 0.538. The third kappa shape index (κ3) is 2.75. The van der Waals surface area contributed by atoms with Gasteiger partial charge in [-0.3, -0.25) is 0 Å². The lowest BCUT2D eigenvalue weighted by Crippen LogP contribution is -2.28. The average Bonchev–Trinajstić information content (AvgIpc) is 2.16. The van der Waals surface area contributed by atoms with Gasteiger partial charge >= 0.3 is 0 Å². The van der Waals surface area contributed by atoms with E-state index in [0.29, 0.717) is 6.16 Å². The maximum absolute atomic E-state index is 13.1. The molecule has 0 saturated carbocycles. The molecule has 2 nitrogen and oxygen atoms in total. The van der Waals surface area contributed by atoms with E-state index in [4.69, 9.17) is 0 Å². The third-order valence-corrected chi connectivity index (χ3v) is 7.12. The molecule has 1 aromatic carbocycles. The van der Waals surface area contributed by atoms with Crippen molar-refractivity contribution in [2.75, 3.05) is 6.16 Å². The first-order valence-electron chi connectivity index (χ1n) is 5.60. The predicted molar refractivity (Wildman–Crippen MR) is 70.0 cm³/mol. The summed E-state index contributed by atoms with van der Waals surface area (Å²) in [4.78, 5) is 0. The zero-order valence-corrected chi connectivity index (χ0v) is 11.4. The zero-order chi connectivity index (χ0) is 12.4. The van der Waals surface area contributed by atoms with Crippen LogP contribution in [0, 0.1) is 0 Å². The van der Waals surface area contributed by atoms with Gasteiger partial charge < -0.3 is 9.67 Å². The Labute approximate surface area is 98.1 Å². The average molecular weight is 240 g/mol. The Balaban J connectivity index is 3.22. The molecule has 0 spiro atoms. The van der Waals surface area contributed by atoms with Gasteiger partial charge in [-0.15, -0.1) is 0 Å². The van der Waals surface area contributed by atoms with E-state index in [9.17, 15) is 9.67 Å². The first-order chi connectivity index (χ1) is 7.27. The second-order valence-electron chi connectivity index (χ2n) is 5.28. The minimum absolute atomic E-state index is 0.314. The zero-order valence-electron chi connectivity index (χ0n) is 10.5. The van der Waals surface area contributed by atoms with Gasteiger partial charge in [0.15, 0.2) is 0 Å². The van der Waals surface area contributed by atoms with E-state index in [-0.39, 0.29) is 5.16 Å². The van der Waals surface area contributed by atoms with Crippen LogP contribution >= 0.6 is 7.14 Å². The van der Waals surface area contributed by atoms with Gasteiger partial charge in [-0.1, -0.05) is 51.1 Å². The van der Waals surface area contributed by atoms with E-state index in [1.165, 1.54) is 0 Å². The summed E-state index contributed by atoms with van der Waals surface area (Å²) in [6.45, 7) is 7.62. The minimum atomic E-state index is -2.56. The summed E-state index contributed by atoms with van der Waals surface area (Å²) in [5.41, 5.74) is 0. The summed E-state index contributed by atoms with van der Waals surface area (Å²) in [6.07, 6.45) is -0.189. The van der Waals surface area contributed by atoms with Gasteiger partial charge in [-0.2, -0.15) is 0 Å². The van der Waals surface area contributed by atoms with Gasteiger partial charge in [0.1, 0.15) is 7.14 Å². The largest absolute Gasteiger partial charge is 0.393 e. The van der Waals surface area contributed by atoms with Crippen LogP contribution < -0.4 is 5.30 Å². The molecule has 3 heteroatoms. The van der Waals surface area contributed by atoms with Crippen LogP contribution in [0.3, 0.4) is 0 Å². The lowest BCUT2D eigenvalue weighted by atomic mass is 10.3. The highest BCUT2D eigenvalue weighted by Crippen LogP contribution is 2.56. The fourth-order valence-electron chi connectivity index (χ4n) is 1.81. The number of aliphatic hydroxyl groups excluding tert-OH is 1. The molecule has 0 heterocycles. The van der Waals surface area contributed by atoms with Crippen molar-refractivity contribution in [3.05, 3.63) is 30.3 Å². The Morgan fingerprint density at radius 1 is 1.25 bits per heavy atom. The molecule has 0 aliphatic rings. The SMILES string of the molecule is C[C@@H](O)C[P@@](=O)(c1ccccc1)C(C)(C)C. The molecule has 0 radical (unpaired) electrons. The van der Waals surface area contributed by atoms with Crippen molar-refractivity contribution in [1.82, 2.24) is 0 Å². The van der Waals surface area contributed by atoms with Gasteiger partial charge in [-0.25, -0.2) is 0 Å². The van der Waals surface area contributed by atoms with Crippen LogP contribution in [-0.4, -0.2) is 22.5 Å². The normalized spacial score (nSPS) is 17.8. The molecule has 16 heavy (non-hydrogen) atoms. The van der Waals surface area contributed by atoms with Crippen molar-refractivity contribution in [2.45, 2.75) is 39.0 Å². The van der Waals surface area contributed by atoms with E-state index < -0.39 is 13.2 Å². The lowest BCUT2D eigenvalue weighted by Gasteiger charge is -2.32. The maximum atomic E-state index is 13.1. The van der Waals surface area contributed by atoms with Crippen LogP contribution in [0.15, 0.2) is 30.3 Å². The standard InChI is InChI=1S/C13H21O2P/c1-11(14)10-16(15,13(2,3)4)12-8-6-5-7-9-12/h5-9,11,14H,10H2,1-4H3/t11-,16-/m1/s1. The van der Waals surface area contributed by atoms with Crippen LogP contribution in [0.1, 0.15) is 27.7 Å². The summed E-state index contributed by atoms with van der Waals surface area (Å²) in [7, 11) is -2.56. The van der Waals surface area contributed by atoms with E-state index in [2.05, 4.69) is 0 Å². The highest BCUT2D eigenvalue weighted by atomic mass is 31.2. The second kappa shape index (κ2) is 4.73. The van der Waals surface area contributed by atoms with Crippen molar-refractivity contribution in [3.63, 3.8) is 0 Å². The Morgan fingerprint density at radius 3 is 2.12 bits per heavy atom. The Hall–Kier alpha value is -0.590. The van der Waals surface area contributed by atoms with Crippen LogP contribution in [0.5, 0.6) is 0 Å². The summed E-state index contributed by atoms with van der Waals surface area (Å²) in [5, 5.41) is 10.1. The Bertz CT molecular complexity index is 377. The van der Waals surface area contributed by atoms with Crippen LogP contribution in [0.25, 0.3) is 0 Å². The molecule has 0 aliphatic carbocycles. The predicted octanol–water partition coefficient (Wildman–Crippen LogP) is 2.85. The van der Waals surface area contributed by atoms with Crippen molar-refractivity contribution in [1.29, 1.82) is 0 Å². The Kier molecular flexibility index (Phi) is 3.98. The van der Waals surface area contributed by atoms with Crippen molar-refractivity contribution < 1.29 is 9.67 Å². The summed E-state index contributed by atoms with van der Waals surface area (Å²) in [5.74, 6) is 0. The molecule has 1 rings (SSSR count). The van der Waals surface area contributed by atoms with Crippen molar-refractivity contribution in [2.24, 2.45) is 0 Å². The number of rotatable bonds is 3.